The molecule has 1 aromatic carbocycles. The predicted octanol–water partition coefficient (Wildman–Crippen LogP) is 1.24. The summed E-state index contributed by atoms with van der Waals surface area (Å²) in [4.78, 5) is 0. The zero-order valence-electron chi connectivity index (χ0n) is 10.3. The first-order valence-corrected chi connectivity index (χ1v) is 6.15. The van der Waals surface area contributed by atoms with Gasteiger partial charge in [0, 0.05) is 12.2 Å². The minimum Gasteiger partial charge on any atom is -0.378 e. The maximum atomic E-state index is 5.49. The van der Waals surface area contributed by atoms with Gasteiger partial charge in [-0.2, -0.15) is 0 Å². The van der Waals surface area contributed by atoms with Crippen molar-refractivity contribution < 1.29 is 4.74 Å². The molecule has 2 heterocycles. The number of hydrogen-bond acceptors (Lipinski definition) is 4. The Morgan fingerprint density at radius 1 is 1.28 bits per heavy atom. The van der Waals surface area contributed by atoms with Gasteiger partial charge in [-0.1, -0.05) is 18.2 Å². The molecular formula is C13H16N4O. The molecule has 94 valence electrons. The molecule has 18 heavy (non-hydrogen) atoms. The third-order valence-corrected chi connectivity index (χ3v) is 3.10. The molecule has 0 saturated carbocycles. The summed E-state index contributed by atoms with van der Waals surface area (Å²) in [6.45, 7) is 4.22. The summed E-state index contributed by atoms with van der Waals surface area (Å²) >= 11 is 0. The number of nitrogens with zero attached hydrogens (tertiary/aromatic N) is 3. The van der Waals surface area contributed by atoms with Crippen LogP contribution in [0.5, 0.6) is 0 Å². The smallest absolute Gasteiger partial charge is 0.157 e. The molecule has 1 atom stereocenters. The molecule has 0 aliphatic carbocycles. The number of morpholine rings is 1. The van der Waals surface area contributed by atoms with Crippen LogP contribution >= 0.6 is 0 Å². The molecule has 1 aliphatic heterocycles. The number of aryl methyl sites for hydroxylation is 1. The molecule has 0 amide bonds. The molecule has 1 saturated heterocycles. The van der Waals surface area contributed by atoms with Crippen LogP contribution < -0.4 is 5.32 Å². The highest BCUT2D eigenvalue weighted by molar-refractivity contribution is 5.34. The fourth-order valence-electron chi connectivity index (χ4n) is 2.23. The van der Waals surface area contributed by atoms with Crippen LogP contribution in [0.25, 0.3) is 5.69 Å². The Morgan fingerprint density at radius 3 is 2.83 bits per heavy atom. The zero-order chi connectivity index (χ0) is 12.4. The highest BCUT2D eigenvalue weighted by atomic mass is 16.5. The highest BCUT2D eigenvalue weighted by Gasteiger charge is 2.22. The number of rotatable bonds is 2. The second kappa shape index (κ2) is 4.88. The Kier molecular flexibility index (Phi) is 3.08. The zero-order valence-corrected chi connectivity index (χ0v) is 10.3. The van der Waals surface area contributed by atoms with E-state index in [0.717, 1.165) is 30.5 Å². The number of aromatic nitrogens is 3. The summed E-state index contributed by atoms with van der Waals surface area (Å²) in [6.07, 6.45) is 0. The number of ether oxygens (including phenoxy) is 1. The van der Waals surface area contributed by atoms with Gasteiger partial charge in [-0.05, 0) is 19.1 Å². The van der Waals surface area contributed by atoms with E-state index in [2.05, 4.69) is 32.2 Å². The van der Waals surface area contributed by atoms with Crippen LogP contribution in [0.3, 0.4) is 0 Å². The Labute approximate surface area is 106 Å². The van der Waals surface area contributed by atoms with E-state index >= 15 is 0 Å². The van der Waals surface area contributed by atoms with E-state index in [0.29, 0.717) is 6.61 Å². The molecule has 1 N–H and O–H groups in total. The third-order valence-electron chi connectivity index (χ3n) is 3.10. The maximum Gasteiger partial charge on any atom is 0.157 e. The van der Waals surface area contributed by atoms with Gasteiger partial charge in [0.1, 0.15) is 5.82 Å². The topological polar surface area (TPSA) is 52.0 Å². The Bertz CT molecular complexity index is 517. The molecule has 0 radical (unpaired) electrons. The van der Waals surface area contributed by atoms with E-state index in [1.807, 2.05) is 25.1 Å². The minimum absolute atomic E-state index is 0.111. The standard InChI is InChI=1S/C13H16N4O/c1-10-15-16-13(12-9-18-8-7-14-12)17(10)11-5-3-2-4-6-11/h2-6,12,14H,7-9H2,1H3. The van der Waals surface area contributed by atoms with Crippen molar-refractivity contribution in [2.24, 2.45) is 0 Å². The maximum absolute atomic E-state index is 5.49. The van der Waals surface area contributed by atoms with Crippen LogP contribution in [0, 0.1) is 6.92 Å². The van der Waals surface area contributed by atoms with Crippen molar-refractivity contribution in [3.63, 3.8) is 0 Å². The fraction of sp³-hybridized carbons (Fsp3) is 0.385. The Balaban J connectivity index is 2.01. The first-order chi connectivity index (χ1) is 8.86. The Hall–Kier alpha value is -1.72. The molecule has 1 unspecified atom stereocenters. The lowest BCUT2D eigenvalue weighted by atomic mass is 10.2. The minimum atomic E-state index is 0.111. The first-order valence-electron chi connectivity index (χ1n) is 6.15. The Morgan fingerprint density at radius 2 is 2.11 bits per heavy atom. The van der Waals surface area contributed by atoms with Crippen molar-refractivity contribution in [2.45, 2.75) is 13.0 Å². The van der Waals surface area contributed by atoms with Crippen LogP contribution in [0.4, 0.5) is 0 Å². The summed E-state index contributed by atoms with van der Waals surface area (Å²) in [5, 5.41) is 11.9. The van der Waals surface area contributed by atoms with E-state index in [1.54, 1.807) is 0 Å². The second-order valence-electron chi connectivity index (χ2n) is 4.36. The van der Waals surface area contributed by atoms with E-state index in [1.165, 1.54) is 0 Å². The lowest BCUT2D eigenvalue weighted by Gasteiger charge is -2.23. The van der Waals surface area contributed by atoms with Gasteiger partial charge in [-0.25, -0.2) is 0 Å². The molecule has 0 spiro atoms. The van der Waals surface area contributed by atoms with E-state index < -0.39 is 0 Å². The molecule has 2 aromatic rings. The number of para-hydroxylation sites is 1. The van der Waals surface area contributed by atoms with Crippen molar-refractivity contribution >= 4 is 0 Å². The summed E-state index contributed by atoms with van der Waals surface area (Å²) in [5.74, 6) is 1.81. The molecule has 1 fully saturated rings. The van der Waals surface area contributed by atoms with Gasteiger partial charge < -0.3 is 10.1 Å². The van der Waals surface area contributed by atoms with Gasteiger partial charge >= 0.3 is 0 Å². The van der Waals surface area contributed by atoms with Crippen molar-refractivity contribution in [3.05, 3.63) is 42.0 Å². The van der Waals surface area contributed by atoms with E-state index in [-0.39, 0.29) is 6.04 Å². The van der Waals surface area contributed by atoms with Crippen LogP contribution in [0.2, 0.25) is 0 Å². The predicted molar refractivity (Wildman–Crippen MR) is 67.7 cm³/mol. The monoisotopic (exact) mass is 244 g/mol. The summed E-state index contributed by atoms with van der Waals surface area (Å²) in [6, 6.07) is 10.3. The number of benzene rings is 1. The summed E-state index contributed by atoms with van der Waals surface area (Å²) in [5.41, 5.74) is 1.09. The SMILES string of the molecule is Cc1nnc(C2COCCN2)n1-c1ccccc1. The van der Waals surface area contributed by atoms with Gasteiger partial charge in [-0.3, -0.25) is 4.57 Å². The van der Waals surface area contributed by atoms with Crippen LogP contribution in [-0.2, 0) is 4.74 Å². The lowest BCUT2D eigenvalue weighted by molar-refractivity contribution is 0.0736. The fourth-order valence-corrected chi connectivity index (χ4v) is 2.23. The van der Waals surface area contributed by atoms with Crippen LogP contribution in [0.15, 0.2) is 30.3 Å². The van der Waals surface area contributed by atoms with Crippen molar-refractivity contribution in [1.29, 1.82) is 0 Å². The molecule has 5 heteroatoms. The molecule has 1 aliphatic rings. The molecule has 0 bridgehead atoms. The molecule has 5 nitrogen and oxygen atoms in total. The third kappa shape index (κ3) is 2.02. The first kappa shape index (κ1) is 11.4. The number of hydrogen-bond donors (Lipinski definition) is 1. The second-order valence-corrected chi connectivity index (χ2v) is 4.36. The molecule has 3 rings (SSSR count). The van der Waals surface area contributed by atoms with Crippen molar-refractivity contribution in [1.82, 2.24) is 20.1 Å². The van der Waals surface area contributed by atoms with Gasteiger partial charge in [0.25, 0.3) is 0 Å². The largest absolute Gasteiger partial charge is 0.378 e. The lowest BCUT2D eigenvalue weighted by Crippen LogP contribution is -2.36. The average Bonchev–Trinajstić information content (AvgIpc) is 2.83. The highest BCUT2D eigenvalue weighted by Crippen LogP contribution is 2.19. The average molecular weight is 244 g/mol. The van der Waals surface area contributed by atoms with E-state index in [4.69, 9.17) is 4.74 Å². The summed E-state index contributed by atoms with van der Waals surface area (Å²) < 4.78 is 7.57. The van der Waals surface area contributed by atoms with Crippen molar-refractivity contribution in [3.8, 4) is 5.69 Å². The van der Waals surface area contributed by atoms with Crippen molar-refractivity contribution in [2.75, 3.05) is 19.8 Å². The van der Waals surface area contributed by atoms with Crippen LogP contribution in [-0.4, -0.2) is 34.5 Å². The normalized spacial score (nSPS) is 19.9. The van der Waals surface area contributed by atoms with E-state index in [9.17, 15) is 0 Å². The van der Waals surface area contributed by atoms with Gasteiger partial charge in [-0.15, -0.1) is 10.2 Å². The van der Waals surface area contributed by atoms with Gasteiger partial charge in [0.15, 0.2) is 5.82 Å². The van der Waals surface area contributed by atoms with Gasteiger partial charge in [0.05, 0.1) is 19.3 Å². The van der Waals surface area contributed by atoms with Gasteiger partial charge in [0.2, 0.25) is 0 Å². The summed E-state index contributed by atoms with van der Waals surface area (Å²) in [7, 11) is 0. The van der Waals surface area contributed by atoms with Crippen LogP contribution in [0.1, 0.15) is 17.7 Å². The molecular weight excluding hydrogens is 228 g/mol. The molecule has 1 aromatic heterocycles. The number of nitrogens with one attached hydrogen (secondary N) is 1. The quantitative estimate of drug-likeness (QED) is 0.863.